The molecular weight excluding hydrogens is 414 g/mol. The lowest BCUT2D eigenvalue weighted by Gasteiger charge is -2.35. The lowest BCUT2D eigenvalue weighted by molar-refractivity contribution is -0.384. The van der Waals surface area contributed by atoms with Crippen molar-refractivity contribution in [3.8, 4) is 0 Å². The van der Waals surface area contributed by atoms with Crippen molar-refractivity contribution in [2.24, 2.45) is 0 Å². The quantitative estimate of drug-likeness (QED) is 0.445. The zero-order valence-corrected chi connectivity index (χ0v) is 17.8. The van der Waals surface area contributed by atoms with Crippen LogP contribution in [0.5, 0.6) is 0 Å². The first-order chi connectivity index (χ1) is 15.4. The number of amides is 1. The van der Waals surface area contributed by atoms with Crippen molar-refractivity contribution in [3.05, 3.63) is 63.1 Å². The zero-order chi connectivity index (χ0) is 22.7. The summed E-state index contributed by atoms with van der Waals surface area (Å²) in [5.41, 5.74) is 2.28. The third-order valence-corrected chi connectivity index (χ3v) is 5.67. The Kier molecular flexibility index (Phi) is 6.22. The summed E-state index contributed by atoms with van der Waals surface area (Å²) >= 11 is 0. The number of non-ortho nitro benzene ring substituents is 1. The molecule has 168 valence electrons. The minimum absolute atomic E-state index is 0.136. The van der Waals surface area contributed by atoms with Crippen LogP contribution in [0.25, 0.3) is 11.1 Å². The third-order valence-electron chi connectivity index (χ3n) is 5.67. The molecule has 0 unspecified atom stereocenters. The summed E-state index contributed by atoms with van der Waals surface area (Å²) in [6.07, 6.45) is 0.650. The van der Waals surface area contributed by atoms with E-state index in [4.69, 9.17) is 4.42 Å². The van der Waals surface area contributed by atoms with E-state index in [1.165, 1.54) is 22.8 Å². The van der Waals surface area contributed by atoms with Gasteiger partial charge in [0.1, 0.15) is 0 Å². The average Bonchev–Trinajstić information content (AvgIpc) is 3.09. The number of fused-ring (bicyclic) bond motifs is 1. The molecular formula is C22H25N5O5. The van der Waals surface area contributed by atoms with Gasteiger partial charge in [-0.2, -0.15) is 0 Å². The van der Waals surface area contributed by atoms with Gasteiger partial charge in [0.25, 0.3) is 5.69 Å². The van der Waals surface area contributed by atoms with Crippen LogP contribution in [-0.4, -0.2) is 53.5 Å². The summed E-state index contributed by atoms with van der Waals surface area (Å²) < 4.78 is 6.52. The van der Waals surface area contributed by atoms with Crippen molar-refractivity contribution >= 4 is 34.1 Å². The Hall–Kier alpha value is -3.66. The van der Waals surface area contributed by atoms with Crippen LogP contribution in [0.15, 0.2) is 51.7 Å². The Morgan fingerprint density at radius 3 is 2.66 bits per heavy atom. The molecule has 0 spiro atoms. The Labute approximate surface area is 184 Å². The normalized spacial score (nSPS) is 14.6. The van der Waals surface area contributed by atoms with E-state index in [0.717, 1.165) is 37.6 Å². The number of nitro benzene ring substituents is 1. The predicted octanol–water partition coefficient (Wildman–Crippen LogP) is 2.67. The van der Waals surface area contributed by atoms with E-state index in [1.54, 1.807) is 0 Å². The maximum absolute atomic E-state index is 12.6. The minimum atomic E-state index is -0.596. The minimum Gasteiger partial charge on any atom is -0.407 e. The molecule has 10 heteroatoms. The van der Waals surface area contributed by atoms with Crippen molar-refractivity contribution in [1.82, 2.24) is 9.47 Å². The molecule has 1 aliphatic rings. The second kappa shape index (κ2) is 9.23. The lowest BCUT2D eigenvalue weighted by atomic mass is 10.2. The smallest absolute Gasteiger partial charge is 0.407 e. The molecule has 0 bridgehead atoms. The fourth-order valence-corrected chi connectivity index (χ4v) is 3.89. The van der Waals surface area contributed by atoms with Crippen LogP contribution >= 0.6 is 0 Å². The molecule has 0 radical (unpaired) electrons. The van der Waals surface area contributed by atoms with E-state index in [0.29, 0.717) is 11.9 Å². The number of likely N-dealkylation sites (N-methyl/N-ethyl adjacent to an activating group) is 1. The fourth-order valence-electron chi connectivity index (χ4n) is 3.89. The zero-order valence-electron chi connectivity index (χ0n) is 17.8. The molecule has 0 atom stereocenters. The summed E-state index contributed by atoms with van der Waals surface area (Å²) in [5.74, 6) is -0.732. The van der Waals surface area contributed by atoms with Crippen molar-refractivity contribution in [2.75, 3.05) is 43.4 Å². The Morgan fingerprint density at radius 1 is 1.16 bits per heavy atom. The molecule has 32 heavy (non-hydrogen) atoms. The molecule has 0 aliphatic carbocycles. The first-order valence-electron chi connectivity index (χ1n) is 10.5. The SMILES string of the molecule is CN1CCN(c2ccccc2NC(=O)CCCn2c(=O)oc3cc([N+](=O)[O-])ccc32)CC1. The topological polar surface area (TPSA) is 114 Å². The monoisotopic (exact) mass is 439 g/mol. The number of hydrogen-bond acceptors (Lipinski definition) is 7. The molecule has 1 N–H and O–H groups in total. The van der Waals surface area contributed by atoms with Crippen LogP contribution in [0.4, 0.5) is 17.1 Å². The van der Waals surface area contributed by atoms with Gasteiger partial charge < -0.3 is 19.5 Å². The number of piperazine rings is 1. The van der Waals surface area contributed by atoms with Crippen molar-refractivity contribution in [2.45, 2.75) is 19.4 Å². The van der Waals surface area contributed by atoms with E-state index in [-0.39, 0.29) is 30.1 Å². The summed E-state index contributed by atoms with van der Waals surface area (Å²) in [5, 5.41) is 13.9. The highest BCUT2D eigenvalue weighted by Crippen LogP contribution is 2.27. The first-order valence-corrected chi connectivity index (χ1v) is 10.5. The largest absolute Gasteiger partial charge is 0.419 e. The van der Waals surface area contributed by atoms with Crippen molar-refractivity contribution < 1.29 is 14.1 Å². The number of anilines is 2. The van der Waals surface area contributed by atoms with Crippen LogP contribution in [0.1, 0.15) is 12.8 Å². The van der Waals surface area contributed by atoms with Gasteiger partial charge in [-0.05, 0) is 31.7 Å². The second-order valence-corrected chi connectivity index (χ2v) is 7.89. The summed E-state index contributed by atoms with van der Waals surface area (Å²) in [6.45, 7) is 4.02. The standard InChI is InChI=1S/C22H25N5O5/c1-24-11-13-25(14-12-24)18-6-3-2-5-17(18)23-21(28)7-4-10-26-19-9-8-16(27(30)31)15-20(19)32-22(26)29/h2-3,5-6,8-9,15H,4,7,10-14H2,1H3,(H,23,28). The Balaban J connectivity index is 1.38. The second-order valence-electron chi connectivity index (χ2n) is 7.89. The number of nitrogens with one attached hydrogen (secondary N) is 1. The van der Waals surface area contributed by atoms with Crippen LogP contribution in [0, 0.1) is 10.1 Å². The van der Waals surface area contributed by atoms with Crippen molar-refractivity contribution in [3.63, 3.8) is 0 Å². The summed E-state index contributed by atoms with van der Waals surface area (Å²) in [6, 6.07) is 11.8. The number of benzene rings is 2. The summed E-state index contributed by atoms with van der Waals surface area (Å²) in [4.78, 5) is 39.6. The molecule has 3 aromatic rings. The third kappa shape index (κ3) is 4.65. The van der Waals surface area contributed by atoms with E-state index in [1.807, 2.05) is 24.3 Å². The number of hydrogen-bond donors (Lipinski definition) is 1. The highest BCUT2D eigenvalue weighted by molar-refractivity contribution is 5.94. The van der Waals surface area contributed by atoms with Crippen molar-refractivity contribution in [1.29, 1.82) is 0 Å². The van der Waals surface area contributed by atoms with Gasteiger partial charge >= 0.3 is 5.76 Å². The summed E-state index contributed by atoms with van der Waals surface area (Å²) in [7, 11) is 2.10. The van der Waals surface area contributed by atoms with E-state index in [9.17, 15) is 19.7 Å². The van der Waals surface area contributed by atoms with E-state index in [2.05, 4.69) is 22.2 Å². The molecule has 0 saturated carbocycles. The van der Waals surface area contributed by atoms with Gasteiger partial charge in [-0.1, -0.05) is 12.1 Å². The van der Waals surface area contributed by atoms with Gasteiger partial charge in [0.15, 0.2) is 5.58 Å². The average molecular weight is 439 g/mol. The molecule has 2 heterocycles. The van der Waals surface area contributed by atoms with Crippen LogP contribution in [0.2, 0.25) is 0 Å². The molecule has 1 amide bonds. The van der Waals surface area contributed by atoms with Crippen LogP contribution in [-0.2, 0) is 11.3 Å². The van der Waals surface area contributed by atoms with Gasteiger partial charge in [0, 0.05) is 45.2 Å². The maximum atomic E-state index is 12.6. The number of nitrogens with zero attached hydrogens (tertiary/aromatic N) is 4. The first kappa shape index (κ1) is 21.6. The van der Waals surface area contributed by atoms with Gasteiger partial charge in [-0.25, -0.2) is 4.79 Å². The molecule has 1 aliphatic heterocycles. The Morgan fingerprint density at radius 2 is 1.91 bits per heavy atom. The number of rotatable bonds is 7. The van der Waals surface area contributed by atoms with Gasteiger partial charge in [-0.15, -0.1) is 0 Å². The van der Waals surface area contributed by atoms with Gasteiger partial charge in [-0.3, -0.25) is 19.5 Å². The number of carbonyl (C=O) groups excluding carboxylic acids is 1. The number of oxazole rings is 1. The molecule has 10 nitrogen and oxygen atoms in total. The molecule has 1 aromatic heterocycles. The molecule has 2 aromatic carbocycles. The van der Waals surface area contributed by atoms with E-state index < -0.39 is 10.7 Å². The fraction of sp³-hybridized carbons (Fsp3) is 0.364. The number of nitro groups is 1. The number of carbonyl (C=O) groups is 1. The van der Waals surface area contributed by atoms with E-state index >= 15 is 0 Å². The Bertz CT molecular complexity index is 1190. The lowest BCUT2D eigenvalue weighted by Crippen LogP contribution is -2.44. The van der Waals surface area contributed by atoms with Crippen LogP contribution < -0.4 is 16.0 Å². The highest BCUT2D eigenvalue weighted by atomic mass is 16.6. The van der Waals surface area contributed by atoms with Crippen LogP contribution in [0.3, 0.4) is 0 Å². The predicted molar refractivity (Wildman–Crippen MR) is 121 cm³/mol. The number of aromatic nitrogens is 1. The maximum Gasteiger partial charge on any atom is 0.419 e. The molecule has 1 fully saturated rings. The molecule has 1 saturated heterocycles. The number of aryl methyl sites for hydroxylation is 1. The van der Waals surface area contributed by atoms with Gasteiger partial charge in [0.05, 0.1) is 27.9 Å². The highest BCUT2D eigenvalue weighted by Gasteiger charge is 2.18. The molecule has 4 rings (SSSR count). The van der Waals surface area contributed by atoms with Gasteiger partial charge in [0.2, 0.25) is 5.91 Å². The number of para-hydroxylation sites is 2.